The number of para-hydroxylation sites is 1. The van der Waals surface area contributed by atoms with Crippen molar-refractivity contribution in [2.75, 3.05) is 0 Å². The number of aromatic nitrogens is 3. The topological polar surface area (TPSA) is 93.3 Å². The van der Waals surface area contributed by atoms with Crippen LogP contribution in [0.15, 0.2) is 82.1 Å². The molecule has 172 valence electrons. The first kappa shape index (κ1) is 22.1. The molecule has 2 amide bonds. The van der Waals surface area contributed by atoms with E-state index in [2.05, 4.69) is 15.6 Å². The molecular formula is C24H21N5O3S2. The molecule has 1 N–H and O–H groups in total. The van der Waals surface area contributed by atoms with E-state index in [4.69, 9.17) is 4.42 Å². The number of carbonyl (C=O) groups excluding carboxylic acids is 2. The van der Waals surface area contributed by atoms with Crippen LogP contribution in [0.1, 0.15) is 21.6 Å². The van der Waals surface area contributed by atoms with Gasteiger partial charge >= 0.3 is 0 Å². The minimum Gasteiger partial charge on any atom is -0.467 e. The SMILES string of the molecule is O=C(NCc1ccco1)[C@@H](c1cccs1)N(Cc1cccs1)C(=O)Cn1nnc2ccccc21. The molecule has 0 bridgehead atoms. The molecule has 0 unspecified atom stereocenters. The molecule has 0 radical (unpaired) electrons. The predicted octanol–water partition coefficient (Wildman–Crippen LogP) is 4.23. The van der Waals surface area contributed by atoms with Gasteiger partial charge in [0.25, 0.3) is 0 Å². The van der Waals surface area contributed by atoms with Crippen molar-refractivity contribution in [3.05, 3.63) is 93.2 Å². The van der Waals surface area contributed by atoms with Crippen molar-refractivity contribution in [2.45, 2.75) is 25.7 Å². The second-order valence-corrected chi connectivity index (χ2v) is 9.56. The Kier molecular flexibility index (Phi) is 6.50. The number of carbonyl (C=O) groups is 2. The lowest BCUT2D eigenvalue weighted by atomic mass is 10.1. The van der Waals surface area contributed by atoms with E-state index in [0.29, 0.717) is 17.8 Å². The quantitative estimate of drug-likeness (QED) is 0.333. The second kappa shape index (κ2) is 10.0. The molecule has 0 spiro atoms. The van der Waals surface area contributed by atoms with Gasteiger partial charge < -0.3 is 14.6 Å². The number of fused-ring (bicyclic) bond motifs is 1. The molecule has 0 aliphatic carbocycles. The zero-order valence-corrected chi connectivity index (χ0v) is 19.7. The van der Waals surface area contributed by atoms with Crippen LogP contribution < -0.4 is 5.32 Å². The van der Waals surface area contributed by atoms with Gasteiger partial charge in [0.2, 0.25) is 11.8 Å². The van der Waals surface area contributed by atoms with Crippen molar-refractivity contribution in [3.8, 4) is 0 Å². The van der Waals surface area contributed by atoms with Crippen LogP contribution in [-0.2, 0) is 29.2 Å². The van der Waals surface area contributed by atoms with E-state index in [0.717, 1.165) is 15.3 Å². The summed E-state index contributed by atoms with van der Waals surface area (Å²) in [5.74, 6) is 0.145. The number of hydrogen-bond donors (Lipinski definition) is 1. The Morgan fingerprint density at radius 3 is 2.65 bits per heavy atom. The molecule has 0 fully saturated rings. The highest BCUT2D eigenvalue weighted by molar-refractivity contribution is 7.10. The van der Waals surface area contributed by atoms with Crippen molar-refractivity contribution < 1.29 is 14.0 Å². The summed E-state index contributed by atoms with van der Waals surface area (Å²) in [7, 11) is 0. The first-order valence-electron chi connectivity index (χ1n) is 10.6. The van der Waals surface area contributed by atoms with E-state index in [9.17, 15) is 9.59 Å². The summed E-state index contributed by atoms with van der Waals surface area (Å²) in [6, 6.07) is 17.9. The van der Waals surface area contributed by atoms with Crippen molar-refractivity contribution in [1.82, 2.24) is 25.2 Å². The van der Waals surface area contributed by atoms with E-state index in [-0.39, 0.29) is 24.9 Å². The van der Waals surface area contributed by atoms with Crippen LogP contribution in [0.5, 0.6) is 0 Å². The van der Waals surface area contributed by atoms with E-state index in [1.807, 2.05) is 59.3 Å². The highest BCUT2D eigenvalue weighted by Crippen LogP contribution is 2.29. The largest absolute Gasteiger partial charge is 0.467 e. The van der Waals surface area contributed by atoms with Gasteiger partial charge in [-0.3, -0.25) is 9.59 Å². The molecule has 0 saturated heterocycles. The van der Waals surface area contributed by atoms with Crippen molar-refractivity contribution >= 4 is 45.5 Å². The van der Waals surface area contributed by atoms with Gasteiger partial charge in [-0.05, 0) is 47.2 Å². The highest BCUT2D eigenvalue weighted by Gasteiger charge is 2.33. The molecule has 0 saturated carbocycles. The van der Waals surface area contributed by atoms with Gasteiger partial charge in [0.15, 0.2) is 0 Å². The summed E-state index contributed by atoms with van der Waals surface area (Å²) in [5.41, 5.74) is 1.48. The maximum absolute atomic E-state index is 13.7. The Morgan fingerprint density at radius 1 is 1.03 bits per heavy atom. The van der Waals surface area contributed by atoms with Gasteiger partial charge in [0.1, 0.15) is 23.9 Å². The fraction of sp³-hybridized carbons (Fsp3) is 0.167. The van der Waals surface area contributed by atoms with E-state index >= 15 is 0 Å². The van der Waals surface area contributed by atoms with Crippen molar-refractivity contribution in [2.24, 2.45) is 0 Å². The molecule has 0 aliphatic heterocycles. The smallest absolute Gasteiger partial charge is 0.248 e. The first-order valence-corrected chi connectivity index (χ1v) is 12.4. The number of nitrogens with one attached hydrogen (secondary N) is 1. The zero-order chi connectivity index (χ0) is 23.3. The fourth-order valence-corrected chi connectivity index (χ4v) is 5.24. The standard InChI is InChI=1S/C24H21N5O3S2/c30-22(16-29-20-9-2-1-8-19(20)26-27-29)28(15-18-7-4-12-33-18)23(21-10-5-13-34-21)24(31)25-14-17-6-3-11-32-17/h1-13,23H,14-16H2,(H,25,31)/t23-/m1/s1. The minimum absolute atomic E-state index is 0.0285. The third-order valence-electron chi connectivity index (χ3n) is 5.32. The van der Waals surface area contributed by atoms with E-state index in [1.54, 1.807) is 39.3 Å². The molecule has 5 rings (SSSR count). The third kappa shape index (κ3) is 4.78. The normalized spacial score (nSPS) is 12.0. The second-order valence-electron chi connectivity index (χ2n) is 7.55. The van der Waals surface area contributed by atoms with Crippen LogP contribution in [0, 0.1) is 0 Å². The van der Waals surface area contributed by atoms with Crippen LogP contribution in [-0.4, -0.2) is 31.7 Å². The maximum atomic E-state index is 13.7. The van der Waals surface area contributed by atoms with E-state index < -0.39 is 6.04 Å². The number of amides is 2. The molecular weight excluding hydrogens is 470 g/mol. The van der Waals surface area contributed by atoms with Crippen molar-refractivity contribution in [3.63, 3.8) is 0 Å². The monoisotopic (exact) mass is 491 g/mol. The fourth-order valence-electron chi connectivity index (χ4n) is 3.70. The van der Waals surface area contributed by atoms with E-state index in [1.165, 1.54) is 11.3 Å². The summed E-state index contributed by atoms with van der Waals surface area (Å²) < 4.78 is 6.92. The lowest BCUT2D eigenvalue weighted by Gasteiger charge is -2.30. The maximum Gasteiger partial charge on any atom is 0.248 e. The molecule has 0 aliphatic rings. The Hall–Kier alpha value is -3.76. The molecule has 4 heterocycles. The summed E-state index contributed by atoms with van der Waals surface area (Å²) in [5, 5.41) is 15.1. The van der Waals surface area contributed by atoms with Crippen molar-refractivity contribution in [1.29, 1.82) is 0 Å². The number of nitrogens with zero attached hydrogens (tertiary/aromatic N) is 4. The predicted molar refractivity (Wildman–Crippen MR) is 130 cm³/mol. The lowest BCUT2D eigenvalue weighted by molar-refractivity contribution is -0.142. The van der Waals surface area contributed by atoms with Crippen LogP contribution >= 0.6 is 22.7 Å². The summed E-state index contributed by atoms with van der Waals surface area (Å²) in [4.78, 5) is 30.5. The average molecular weight is 492 g/mol. The molecule has 5 aromatic rings. The van der Waals surface area contributed by atoms with Gasteiger partial charge in [-0.2, -0.15) is 0 Å². The Bertz CT molecular complexity index is 1360. The molecule has 1 atom stereocenters. The lowest BCUT2D eigenvalue weighted by Crippen LogP contribution is -2.44. The van der Waals surface area contributed by atoms with Gasteiger partial charge in [-0.25, -0.2) is 4.68 Å². The Labute approximate surface area is 203 Å². The molecule has 4 aromatic heterocycles. The number of rotatable bonds is 9. The Balaban J connectivity index is 1.45. The van der Waals surface area contributed by atoms with Gasteiger partial charge in [-0.1, -0.05) is 29.5 Å². The molecule has 1 aromatic carbocycles. The third-order valence-corrected chi connectivity index (χ3v) is 7.11. The first-order chi connectivity index (χ1) is 16.7. The van der Waals surface area contributed by atoms with Crippen LogP contribution in [0.3, 0.4) is 0 Å². The summed E-state index contributed by atoms with van der Waals surface area (Å²) in [6.07, 6.45) is 1.56. The van der Waals surface area contributed by atoms with Crippen LogP contribution in [0.25, 0.3) is 11.0 Å². The van der Waals surface area contributed by atoms with Gasteiger partial charge in [0, 0.05) is 9.75 Å². The number of hydrogen-bond acceptors (Lipinski definition) is 7. The zero-order valence-electron chi connectivity index (χ0n) is 18.0. The number of benzene rings is 1. The van der Waals surface area contributed by atoms with Crippen LogP contribution in [0.4, 0.5) is 0 Å². The average Bonchev–Trinajstić information content (AvgIpc) is 3.66. The van der Waals surface area contributed by atoms with Crippen LogP contribution in [0.2, 0.25) is 0 Å². The minimum atomic E-state index is -0.792. The molecule has 10 heteroatoms. The number of furan rings is 1. The molecule has 8 nitrogen and oxygen atoms in total. The summed E-state index contributed by atoms with van der Waals surface area (Å²) in [6.45, 7) is 0.515. The number of thiophene rings is 2. The molecule has 34 heavy (non-hydrogen) atoms. The van der Waals surface area contributed by atoms with Gasteiger partial charge in [0.05, 0.1) is 24.9 Å². The highest BCUT2D eigenvalue weighted by atomic mass is 32.1. The van der Waals surface area contributed by atoms with Gasteiger partial charge in [-0.15, -0.1) is 27.8 Å². The Morgan fingerprint density at radius 2 is 1.88 bits per heavy atom. The summed E-state index contributed by atoms with van der Waals surface area (Å²) >= 11 is 2.99.